The van der Waals surface area contributed by atoms with Gasteiger partial charge in [-0.25, -0.2) is 10.8 Å². The summed E-state index contributed by atoms with van der Waals surface area (Å²) >= 11 is 0. The fourth-order valence-electron chi connectivity index (χ4n) is 2.85. The highest BCUT2D eigenvalue weighted by molar-refractivity contribution is 5.33. The molecule has 1 aliphatic rings. The van der Waals surface area contributed by atoms with Gasteiger partial charge in [0.1, 0.15) is 5.82 Å². The molecule has 4 nitrogen and oxygen atoms in total. The van der Waals surface area contributed by atoms with Gasteiger partial charge in [-0.1, -0.05) is 36.4 Å². The number of rotatable bonds is 4. The van der Waals surface area contributed by atoms with Crippen molar-refractivity contribution in [3.05, 3.63) is 59.8 Å². The van der Waals surface area contributed by atoms with Crippen molar-refractivity contribution in [3.63, 3.8) is 0 Å². The third-order valence-corrected chi connectivity index (χ3v) is 3.88. The van der Waals surface area contributed by atoms with Crippen LogP contribution in [0.4, 0.5) is 5.82 Å². The largest absolute Gasteiger partial charge is 0.308 e. The van der Waals surface area contributed by atoms with Crippen LogP contribution in [0.15, 0.2) is 48.5 Å². The second-order valence-corrected chi connectivity index (χ2v) is 5.29. The second-order valence-electron chi connectivity index (χ2n) is 5.29. The molecule has 1 aromatic carbocycles. The third kappa shape index (κ3) is 2.98. The van der Waals surface area contributed by atoms with Crippen LogP contribution in [-0.2, 0) is 6.54 Å². The molecule has 2 heterocycles. The van der Waals surface area contributed by atoms with Gasteiger partial charge in [0, 0.05) is 13.1 Å². The lowest BCUT2D eigenvalue weighted by Crippen LogP contribution is -2.21. The van der Waals surface area contributed by atoms with Crippen LogP contribution in [0.25, 0.3) is 0 Å². The first kappa shape index (κ1) is 13.1. The predicted molar refractivity (Wildman–Crippen MR) is 81.1 cm³/mol. The van der Waals surface area contributed by atoms with E-state index in [1.807, 2.05) is 12.1 Å². The number of hydrogen-bond acceptors (Lipinski definition) is 4. The van der Waals surface area contributed by atoms with Crippen molar-refractivity contribution in [3.8, 4) is 0 Å². The summed E-state index contributed by atoms with van der Waals surface area (Å²) in [4.78, 5) is 6.93. The van der Waals surface area contributed by atoms with Crippen LogP contribution in [0.3, 0.4) is 0 Å². The minimum atomic E-state index is 0.645. The average Bonchev–Trinajstić information content (AvgIpc) is 2.97. The smallest absolute Gasteiger partial charge is 0.140 e. The molecule has 1 aromatic heterocycles. The Morgan fingerprint density at radius 1 is 1.15 bits per heavy atom. The Morgan fingerprint density at radius 3 is 2.80 bits per heavy atom. The molecule has 0 spiro atoms. The molecule has 0 amide bonds. The maximum atomic E-state index is 5.40. The van der Waals surface area contributed by atoms with Crippen LogP contribution in [0.5, 0.6) is 0 Å². The number of nitrogens with zero attached hydrogens (tertiary/aromatic N) is 2. The molecule has 0 radical (unpaired) electrons. The number of pyridine rings is 1. The number of nitrogen functional groups attached to an aromatic ring is 1. The highest BCUT2D eigenvalue weighted by Gasteiger charge is 2.23. The molecule has 2 aromatic rings. The molecular formula is C16H20N4. The van der Waals surface area contributed by atoms with E-state index >= 15 is 0 Å². The first-order valence-corrected chi connectivity index (χ1v) is 7.05. The average molecular weight is 268 g/mol. The van der Waals surface area contributed by atoms with E-state index in [0.717, 1.165) is 31.1 Å². The van der Waals surface area contributed by atoms with Gasteiger partial charge < -0.3 is 5.43 Å². The number of aromatic nitrogens is 1. The van der Waals surface area contributed by atoms with Crippen molar-refractivity contribution in [2.75, 3.05) is 18.5 Å². The summed E-state index contributed by atoms with van der Waals surface area (Å²) < 4.78 is 0. The molecule has 0 saturated carbocycles. The van der Waals surface area contributed by atoms with E-state index < -0.39 is 0 Å². The summed E-state index contributed by atoms with van der Waals surface area (Å²) in [5.41, 5.74) is 5.11. The Labute approximate surface area is 119 Å². The molecule has 1 unspecified atom stereocenters. The number of hydrogen-bond donors (Lipinski definition) is 2. The zero-order valence-corrected chi connectivity index (χ0v) is 11.5. The van der Waals surface area contributed by atoms with Crippen molar-refractivity contribution < 1.29 is 0 Å². The lowest BCUT2D eigenvalue weighted by Gasteiger charge is -2.16. The van der Waals surface area contributed by atoms with E-state index in [9.17, 15) is 0 Å². The number of nitrogens with two attached hydrogens (primary N) is 1. The zero-order valence-electron chi connectivity index (χ0n) is 11.5. The Bertz CT molecular complexity index is 555. The van der Waals surface area contributed by atoms with E-state index in [-0.39, 0.29) is 0 Å². The quantitative estimate of drug-likeness (QED) is 0.660. The molecule has 3 rings (SSSR count). The van der Waals surface area contributed by atoms with Gasteiger partial charge >= 0.3 is 0 Å². The molecular weight excluding hydrogens is 248 g/mol. The number of likely N-dealkylation sites (tertiary alicyclic amines) is 1. The third-order valence-electron chi connectivity index (χ3n) is 3.88. The fraction of sp³-hybridized carbons (Fsp3) is 0.312. The van der Waals surface area contributed by atoms with Crippen LogP contribution < -0.4 is 11.3 Å². The van der Waals surface area contributed by atoms with Gasteiger partial charge in [-0.05, 0) is 36.6 Å². The second kappa shape index (κ2) is 6.03. The van der Waals surface area contributed by atoms with Crippen LogP contribution >= 0.6 is 0 Å². The maximum Gasteiger partial charge on any atom is 0.140 e. The van der Waals surface area contributed by atoms with Gasteiger partial charge in [0.25, 0.3) is 0 Å². The van der Waals surface area contributed by atoms with Crippen LogP contribution in [0, 0.1) is 0 Å². The molecule has 1 fully saturated rings. The van der Waals surface area contributed by atoms with E-state index in [1.165, 1.54) is 12.0 Å². The summed E-state index contributed by atoms with van der Waals surface area (Å²) in [7, 11) is 0. The molecule has 0 bridgehead atoms. The van der Waals surface area contributed by atoms with Gasteiger partial charge in [-0.3, -0.25) is 4.90 Å². The highest BCUT2D eigenvalue weighted by atomic mass is 15.3. The summed E-state index contributed by atoms with van der Waals surface area (Å²) in [6.07, 6.45) is 1.22. The molecule has 3 N–H and O–H groups in total. The SMILES string of the molecule is NNc1cccc(CN2CCC(c3ccccc3)C2)n1. The zero-order chi connectivity index (χ0) is 13.8. The lowest BCUT2D eigenvalue weighted by molar-refractivity contribution is 0.323. The minimum absolute atomic E-state index is 0.645. The van der Waals surface area contributed by atoms with Crippen molar-refractivity contribution >= 4 is 5.82 Å². The van der Waals surface area contributed by atoms with Crippen molar-refractivity contribution in [2.45, 2.75) is 18.9 Å². The molecule has 20 heavy (non-hydrogen) atoms. The first-order valence-electron chi connectivity index (χ1n) is 7.05. The number of nitrogens with one attached hydrogen (secondary N) is 1. The number of benzene rings is 1. The van der Waals surface area contributed by atoms with Crippen LogP contribution in [0.2, 0.25) is 0 Å². The summed E-state index contributed by atoms with van der Waals surface area (Å²) in [6.45, 7) is 3.12. The van der Waals surface area contributed by atoms with E-state index in [4.69, 9.17) is 5.84 Å². The Hall–Kier alpha value is -1.91. The molecule has 1 aliphatic heterocycles. The molecule has 0 aliphatic carbocycles. The Kier molecular flexibility index (Phi) is 3.95. The predicted octanol–water partition coefficient (Wildman–Crippen LogP) is 2.36. The van der Waals surface area contributed by atoms with Gasteiger partial charge in [-0.15, -0.1) is 0 Å². The molecule has 4 heteroatoms. The summed E-state index contributed by atoms with van der Waals surface area (Å²) in [6, 6.07) is 16.7. The number of anilines is 1. The molecule has 104 valence electrons. The normalized spacial score (nSPS) is 19.1. The van der Waals surface area contributed by atoms with Gasteiger partial charge in [0.05, 0.1) is 5.69 Å². The minimum Gasteiger partial charge on any atom is -0.308 e. The molecule has 1 saturated heterocycles. The van der Waals surface area contributed by atoms with E-state index in [2.05, 4.69) is 51.7 Å². The van der Waals surface area contributed by atoms with Crippen molar-refractivity contribution in [1.82, 2.24) is 9.88 Å². The van der Waals surface area contributed by atoms with Gasteiger partial charge in [0.15, 0.2) is 0 Å². The standard InChI is InChI=1S/C16H20N4/c17-19-16-8-4-7-15(18-16)12-20-10-9-14(11-20)13-5-2-1-3-6-13/h1-8,14H,9-12,17H2,(H,18,19). The lowest BCUT2D eigenvalue weighted by atomic mass is 9.99. The van der Waals surface area contributed by atoms with Crippen molar-refractivity contribution in [1.29, 1.82) is 0 Å². The van der Waals surface area contributed by atoms with E-state index in [0.29, 0.717) is 5.92 Å². The maximum absolute atomic E-state index is 5.40. The Balaban J connectivity index is 1.63. The molecule has 1 atom stereocenters. The van der Waals surface area contributed by atoms with Crippen molar-refractivity contribution in [2.24, 2.45) is 5.84 Å². The summed E-state index contributed by atoms with van der Waals surface area (Å²) in [5.74, 6) is 6.77. The van der Waals surface area contributed by atoms with Crippen LogP contribution in [-0.4, -0.2) is 23.0 Å². The topological polar surface area (TPSA) is 54.2 Å². The van der Waals surface area contributed by atoms with Gasteiger partial charge in [0.2, 0.25) is 0 Å². The number of hydrazine groups is 1. The van der Waals surface area contributed by atoms with Crippen LogP contribution in [0.1, 0.15) is 23.6 Å². The summed E-state index contributed by atoms with van der Waals surface area (Å²) in [5, 5.41) is 0. The van der Waals surface area contributed by atoms with E-state index in [1.54, 1.807) is 0 Å². The highest BCUT2D eigenvalue weighted by Crippen LogP contribution is 2.27. The Morgan fingerprint density at radius 2 is 2.00 bits per heavy atom. The monoisotopic (exact) mass is 268 g/mol. The first-order chi connectivity index (χ1) is 9.85. The fourth-order valence-corrected chi connectivity index (χ4v) is 2.85. The van der Waals surface area contributed by atoms with Gasteiger partial charge in [-0.2, -0.15) is 0 Å².